The molecule has 0 aromatic heterocycles. The van der Waals surface area contributed by atoms with E-state index in [-0.39, 0.29) is 5.41 Å². The Morgan fingerprint density at radius 1 is 1.50 bits per heavy atom. The molecule has 0 spiro atoms. The van der Waals surface area contributed by atoms with E-state index in [1.807, 2.05) is 0 Å². The summed E-state index contributed by atoms with van der Waals surface area (Å²) in [6.07, 6.45) is 7.65. The number of nitrogens with zero attached hydrogens (tertiary/aromatic N) is 1. The molecular weight excluding hydrogens is 146 g/mol. The molecule has 0 radical (unpaired) electrons. The fraction of sp³-hybridized carbons (Fsp3) is 0.545. The van der Waals surface area contributed by atoms with Crippen molar-refractivity contribution in [2.24, 2.45) is 16.3 Å². The first-order chi connectivity index (χ1) is 5.62. The molecular formula is C11H15N. The van der Waals surface area contributed by atoms with Crippen LogP contribution in [0.3, 0.4) is 0 Å². The van der Waals surface area contributed by atoms with Gasteiger partial charge in [0, 0.05) is 22.7 Å². The molecule has 0 amide bonds. The fourth-order valence-electron chi connectivity index (χ4n) is 1.99. The van der Waals surface area contributed by atoms with Crippen molar-refractivity contribution in [3.63, 3.8) is 0 Å². The first-order valence-electron chi connectivity index (χ1n) is 4.55. The molecule has 0 aromatic carbocycles. The number of fused-ring (bicyclic) bond motifs is 1. The molecule has 0 N–H and O–H groups in total. The van der Waals surface area contributed by atoms with Crippen molar-refractivity contribution in [3.8, 4) is 0 Å². The van der Waals surface area contributed by atoms with Crippen LogP contribution < -0.4 is 0 Å². The quantitative estimate of drug-likeness (QED) is 0.518. The highest BCUT2D eigenvalue weighted by Crippen LogP contribution is 2.44. The topological polar surface area (TPSA) is 12.4 Å². The van der Waals surface area contributed by atoms with E-state index in [0.29, 0.717) is 5.92 Å². The lowest BCUT2D eigenvalue weighted by atomic mass is 9.74. The monoisotopic (exact) mass is 161 g/mol. The van der Waals surface area contributed by atoms with Crippen molar-refractivity contribution in [1.29, 1.82) is 0 Å². The molecule has 1 unspecified atom stereocenters. The molecule has 1 heteroatoms. The average molecular weight is 161 g/mol. The second kappa shape index (κ2) is 2.32. The zero-order valence-electron chi connectivity index (χ0n) is 7.96. The number of aliphatic imine (C=N–C) groups is 1. The lowest BCUT2D eigenvalue weighted by Crippen LogP contribution is -2.26. The Morgan fingerprint density at radius 2 is 2.25 bits per heavy atom. The third kappa shape index (κ3) is 0.889. The maximum atomic E-state index is 4.59. The van der Waals surface area contributed by atoms with Crippen molar-refractivity contribution < 1.29 is 0 Å². The van der Waals surface area contributed by atoms with E-state index in [0.717, 1.165) is 6.42 Å². The lowest BCUT2D eigenvalue weighted by Gasteiger charge is -2.28. The lowest BCUT2D eigenvalue weighted by molar-refractivity contribution is 0.377. The van der Waals surface area contributed by atoms with Crippen molar-refractivity contribution >= 4 is 5.71 Å². The highest BCUT2D eigenvalue weighted by molar-refractivity contribution is 5.91. The summed E-state index contributed by atoms with van der Waals surface area (Å²) in [4.78, 5) is 4.59. The fourth-order valence-corrected chi connectivity index (χ4v) is 1.99. The van der Waals surface area contributed by atoms with Crippen molar-refractivity contribution in [3.05, 3.63) is 23.9 Å². The summed E-state index contributed by atoms with van der Waals surface area (Å²) in [5, 5.41) is 0. The van der Waals surface area contributed by atoms with E-state index in [1.54, 1.807) is 0 Å². The van der Waals surface area contributed by atoms with Gasteiger partial charge in [-0.15, -0.1) is 0 Å². The van der Waals surface area contributed by atoms with Gasteiger partial charge in [-0.3, -0.25) is 4.99 Å². The molecule has 1 atom stereocenters. The maximum absolute atomic E-state index is 4.59. The number of hydrogen-bond acceptors (Lipinski definition) is 1. The predicted molar refractivity (Wildman–Crippen MR) is 52.2 cm³/mol. The summed E-state index contributed by atoms with van der Waals surface area (Å²) >= 11 is 0. The van der Waals surface area contributed by atoms with Crippen molar-refractivity contribution in [2.45, 2.75) is 27.2 Å². The minimum absolute atomic E-state index is 0.274. The molecule has 1 aliphatic heterocycles. The molecule has 12 heavy (non-hydrogen) atoms. The molecule has 0 fully saturated rings. The average Bonchev–Trinajstić information content (AvgIpc) is 2.25. The normalized spacial score (nSPS) is 31.1. The second-order valence-electron chi connectivity index (χ2n) is 4.23. The molecule has 0 bridgehead atoms. The van der Waals surface area contributed by atoms with Crippen LogP contribution in [-0.2, 0) is 0 Å². The van der Waals surface area contributed by atoms with Crippen molar-refractivity contribution in [2.75, 3.05) is 0 Å². The number of hydrogen-bond donors (Lipinski definition) is 0. The van der Waals surface area contributed by atoms with E-state index in [1.165, 1.54) is 11.4 Å². The molecule has 2 aliphatic rings. The first-order valence-corrected chi connectivity index (χ1v) is 4.55. The molecule has 64 valence electrons. The largest absolute Gasteiger partial charge is 0.262 e. The zero-order chi connectivity index (χ0) is 8.77. The van der Waals surface area contributed by atoms with E-state index < -0.39 is 0 Å². The third-order valence-electron chi connectivity index (χ3n) is 3.23. The molecule has 1 nitrogen and oxygen atoms in total. The van der Waals surface area contributed by atoms with Gasteiger partial charge in [-0.05, 0) is 19.4 Å². The van der Waals surface area contributed by atoms with Crippen molar-refractivity contribution in [1.82, 2.24) is 0 Å². The van der Waals surface area contributed by atoms with Gasteiger partial charge in [0.05, 0.1) is 0 Å². The van der Waals surface area contributed by atoms with Crippen LogP contribution >= 0.6 is 0 Å². The Hall–Kier alpha value is -0.850. The Labute approximate surface area is 73.9 Å². The molecule has 1 heterocycles. The predicted octanol–water partition coefficient (Wildman–Crippen LogP) is 2.95. The third-order valence-corrected chi connectivity index (χ3v) is 3.23. The summed E-state index contributed by atoms with van der Waals surface area (Å²) in [7, 11) is 0. The van der Waals surface area contributed by atoms with Crippen LogP contribution in [0.2, 0.25) is 0 Å². The standard InChI is InChI=1S/C11H15N/c1-8-11(2,3)9-6-4-5-7-10(9)12-8/h4-5,7,9H,6H2,1-3H3. The summed E-state index contributed by atoms with van der Waals surface area (Å²) in [5.74, 6) is 0.627. The first kappa shape index (κ1) is 7.78. The van der Waals surface area contributed by atoms with Crippen LogP contribution in [0, 0.1) is 11.3 Å². The van der Waals surface area contributed by atoms with E-state index in [2.05, 4.69) is 44.0 Å². The van der Waals surface area contributed by atoms with Crippen LogP contribution in [0.5, 0.6) is 0 Å². The Kier molecular flexibility index (Phi) is 1.50. The Balaban J connectivity index is 2.43. The van der Waals surface area contributed by atoms with Gasteiger partial charge in [-0.1, -0.05) is 26.0 Å². The van der Waals surface area contributed by atoms with Crippen LogP contribution in [0.25, 0.3) is 0 Å². The number of rotatable bonds is 0. The van der Waals surface area contributed by atoms with Gasteiger partial charge in [0.25, 0.3) is 0 Å². The van der Waals surface area contributed by atoms with Gasteiger partial charge in [0.2, 0.25) is 0 Å². The summed E-state index contributed by atoms with van der Waals surface area (Å²) < 4.78 is 0. The van der Waals surface area contributed by atoms with E-state index >= 15 is 0 Å². The van der Waals surface area contributed by atoms with Crippen LogP contribution in [0.4, 0.5) is 0 Å². The maximum Gasteiger partial charge on any atom is 0.0446 e. The Morgan fingerprint density at radius 3 is 2.92 bits per heavy atom. The molecule has 0 aromatic rings. The van der Waals surface area contributed by atoms with E-state index in [9.17, 15) is 0 Å². The van der Waals surface area contributed by atoms with Gasteiger partial charge in [-0.2, -0.15) is 0 Å². The number of allylic oxidation sites excluding steroid dienone is 4. The second-order valence-corrected chi connectivity index (χ2v) is 4.23. The van der Waals surface area contributed by atoms with Crippen LogP contribution in [0.15, 0.2) is 28.9 Å². The highest BCUT2D eigenvalue weighted by atomic mass is 14.8. The Bertz CT molecular complexity index is 292. The van der Waals surface area contributed by atoms with Gasteiger partial charge < -0.3 is 0 Å². The van der Waals surface area contributed by atoms with E-state index in [4.69, 9.17) is 0 Å². The molecule has 0 saturated heterocycles. The van der Waals surface area contributed by atoms with Crippen LogP contribution in [0.1, 0.15) is 27.2 Å². The van der Waals surface area contributed by atoms with Gasteiger partial charge >= 0.3 is 0 Å². The minimum atomic E-state index is 0.274. The molecule has 2 rings (SSSR count). The highest BCUT2D eigenvalue weighted by Gasteiger charge is 2.39. The summed E-state index contributed by atoms with van der Waals surface area (Å²) in [6, 6.07) is 0. The van der Waals surface area contributed by atoms with Gasteiger partial charge in [0.15, 0.2) is 0 Å². The van der Waals surface area contributed by atoms with Gasteiger partial charge in [0.1, 0.15) is 0 Å². The molecule has 1 aliphatic carbocycles. The smallest absolute Gasteiger partial charge is 0.0446 e. The molecule has 0 saturated carbocycles. The van der Waals surface area contributed by atoms with Gasteiger partial charge in [-0.25, -0.2) is 0 Å². The minimum Gasteiger partial charge on any atom is -0.262 e. The summed E-state index contributed by atoms with van der Waals surface area (Å²) in [5.41, 5.74) is 2.83. The summed E-state index contributed by atoms with van der Waals surface area (Å²) in [6.45, 7) is 6.71. The van der Waals surface area contributed by atoms with Crippen LogP contribution in [-0.4, -0.2) is 5.71 Å². The SMILES string of the molecule is CC1=NC2=CC=CCC2C1(C)C. The zero-order valence-corrected chi connectivity index (χ0v) is 7.96.